The quantitative estimate of drug-likeness (QED) is 0.724. The zero-order chi connectivity index (χ0) is 14.0. The van der Waals surface area contributed by atoms with E-state index in [1.54, 1.807) is 34.7 Å². The van der Waals surface area contributed by atoms with Crippen molar-refractivity contribution in [1.29, 1.82) is 0 Å². The SMILES string of the molecule is CN(C(=O)OC(C)(C)C)C(C)(C=O)C1CCOC1. The fourth-order valence-electron chi connectivity index (χ4n) is 1.97. The molecule has 1 aliphatic rings. The van der Waals surface area contributed by atoms with E-state index in [0.29, 0.717) is 13.2 Å². The fourth-order valence-corrected chi connectivity index (χ4v) is 1.97. The molecule has 5 nitrogen and oxygen atoms in total. The molecule has 1 saturated heterocycles. The maximum Gasteiger partial charge on any atom is 0.410 e. The van der Waals surface area contributed by atoms with E-state index in [9.17, 15) is 9.59 Å². The molecule has 0 aliphatic carbocycles. The molecule has 1 aliphatic heterocycles. The molecule has 0 spiro atoms. The summed E-state index contributed by atoms with van der Waals surface area (Å²) in [5.74, 6) is 0.0209. The molecule has 0 aromatic heterocycles. The molecule has 0 aromatic rings. The third kappa shape index (κ3) is 3.22. The molecule has 2 unspecified atom stereocenters. The highest BCUT2D eigenvalue weighted by molar-refractivity contribution is 5.76. The van der Waals surface area contributed by atoms with Crippen molar-refractivity contribution in [3.8, 4) is 0 Å². The van der Waals surface area contributed by atoms with Crippen LogP contribution in [0.15, 0.2) is 0 Å². The highest BCUT2D eigenvalue weighted by Crippen LogP contribution is 2.30. The molecule has 0 radical (unpaired) electrons. The van der Waals surface area contributed by atoms with Crippen molar-refractivity contribution in [1.82, 2.24) is 4.90 Å². The van der Waals surface area contributed by atoms with Gasteiger partial charge in [-0.15, -0.1) is 0 Å². The topological polar surface area (TPSA) is 55.8 Å². The molecule has 1 heterocycles. The van der Waals surface area contributed by atoms with E-state index in [2.05, 4.69) is 0 Å². The predicted octanol–water partition coefficient (Wildman–Crippen LogP) is 1.85. The van der Waals surface area contributed by atoms with Crippen LogP contribution in [0.25, 0.3) is 0 Å². The summed E-state index contributed by atoms with van der Waals surface area (Å²) >= 11 is 0. The van der Waals surface area contributed by atoms with Gasteiger partial charge in [0.25, 0.3) is 0 Å². The summed E-state index contributed by atoms with van der Waals surface area (Å²) in [5, 5.41) is 0. The Kier molecular flexibility index (Phi) is 4.37. The van der Waals surface area contributed by atoms with Crippen molar-refractivity contribution in [2.45, 2.75) is 45.3 Å². The van der Waals surface area contributed by atoms with E-state index in [0.717, 1.165) is 12.7 Å². The number of amides is 1. The minimum Gasteiger partial charge on any atom is -0.444 e. The molecule has 104 valence electrons. The number of hydrogen-bond acceptors (Lipinski definition) is 4. The van der Waals surface area contributed by atoms with Crippen LogP contribution in [0.5, 0.6) is 0 Å². The summed E-state index contributed by atoms with van der Waals surface area (Å²) in [6.45, 7) is 8.29. The van der Waals surface area contributed by atoms with Crippen LogP contribution in [-0.4, -0.2) is 48.7 Å². The van der Waals surface area contributed by atoms with Crippen LogP contribution in [0, 0.1) is 5.92 Å². The third-order valence-electron chi connectivity index (χ3n) is 3.38. The number of aldehydes is 1. The monoisotopic (exact) mass is 257 g/mol. The van der Waals surface area contributed by atoms with Crippen LogP contribution in [-0.2, 0) is 14.3 Å². The normalized spacial score (nSPS) is 23.3. The molecular formula is C13H23NO4. The van der Waals surface area contributed by atoms with Crippen molar-refractivity contribution < 1.29 is 19.1 Å². The number of carbonyl (C=O) groups excluding carboxylic acids is 2. The number of likely N-dealkylation sites (N-methyl/N-ethyl adjacent to an activating group) is 1. The Morgan fingerprint density at radius 1 is 1.39 bits per heavy atom. The maximum absolute atomic E-state index is 12.0. The lowest BCUT2D eigenvalue weighted by atomic mass is 9.85. The summed E-state index contributed by atoms with van der Waals surface area (Å²) in [5.41, 5.74) is -1.44. The smallest absolute Gasteiger partial charge is 0.410 e. The summed E-state index contributed by atoms with van der Waals surface area (Å²) in [6.07, 6.45) is 1.11. The second-order valence-electron chi connectivity index (χ2n) is 5.94. The molecule has 1 amide bonds. The van der Waals surface area contributed by atoms with Gasteiger partial charge in [0.15, 0.2) is 0 Å². The zero-order valence-electron chi connectivity index (χ0n) is 11.9. The Labute approximate surface area is 108 Å². The third-order valence-corrected chi connectivity index (χ3v) is 3.38. The van der Waals surface area contributed by atoms with E-state index in [1.165, 1.54) is 4.90 Å². The zero-order valence-corrected chi connectivity index (χ0v) is 11.9. The van der Waals surface area contributed by atoms with Gasteiger partial charge in [0.05, 0.1) is 6.61 Å². The van der Waals surface area contributed by atoms with Gasteiger partial charge < -0.3 is 14.3 Å². The molecule has 2 atom stereocenters. The second kappa shape index (κ2) is 5.26. The Morgan fingerprint density at radius 2 is 2.00 bits per heavy atom. The Bertz CT molecular complexity index is 317. The van der Waals surface area contributed by atoms with E-state index < -0.39 is 17.2 Å². The Balaban J connectivity index is 2.80. The Morgan fingerprint density at radius 3 is 2.39 bits per heavy atom. The molecule has 18 heavy (non-hydrogen) atoms. The van der Waals surface area contributed by atoms with E-state index in [1.807, 2.05) is 0 Å². The molecule has 0 aromatic carbocycles. The first kappa shape index (κ1) is 15.0. The predicted molar refractivity (Wildman–Crippen MR) is 67.4 cm³/mol. The molecule has 0 bridgehead atoms. The van der Waals surface area contributed by atoms with Gasteiger partial charge in [-0.1, -0.05) is 0 Å². The van der Waals surface area contributed by atoms with Gasteiger partial charge in [0.1, 0.15) is 17.4 Å². The molecule has 5 heteroatoms. The summed E-state index contributed by atoms with van der Waals surface area (Å²) in [4.78, 5) is 24.8. The minimum atomic E-state index is -0.876. The number of hydrogen-bond donors (Lipinski definition) is 0. The van der Waals surface area contributed by atoms with Crippen LogP contribution in [0.1, 0.15) is 34.1 Å². The molecule has 0 saturated carbocycles. The largest absolute Gasteiger partial charge is 0.444 e. The minimum absolute atomic E-state index is 0.0209. The van der Waals surface area contributed by atoms with Crippen LogP contribution < -0.4 is 0 Å². The highest BCUT2D eigenvalue weighted by atomic mass is 16.6. The lowest BCUT2D eigenvalue weighted by molar-refractivity contribution is -0.120. The lowest BCUT2D eigenvalue weighted by Crippen LogP contribution is -2.55. The van der Waals surface area contributed by atoms with Gasteiger partial charge in [-0.05, 0) is 34.1 Å². The first-order valence-corrected chi connectivity index (χ1v) is 6.21. The van der Waals surface area contributed by atoms with E-state index in [-0.39, 0.29) is 5.92 Å². The van der Waals surface area contributed by atoms with Gasteiger partial charge in [-0.2, -0.15) is 0 Å². The summed E-state index contributed by atoms with van der Waals surface area (Å²) < 4.78 is 10.6. The first-order chi connectivity index (χ1) is 8.20. The number of nitrogens with zero attached hydrogens (tertiary/aromatic N) is 1. The first-order valence-electron chi connectivity index (χ1n) is 6.21. The number of rotatable bonds is 3. The van der Waals surface area contributed by atoms with Crippen molar-refractivity contribution in [3.05, 3.63) is 0 Å². The van der Waals surface area contributed by atoms with Gasteiger partial charge in [0, 0.05) is 19.6 Å². The summed E-state index contributed by atoms with van der Waals surface area (Å²) in [6, 6.07) is 0. The van der Waals surface area contributed by atoms with E-state index in [4.69, 9.17) is 9.47 Å². The Hall–Kier alpha value is -1.10. The average Bonchev–Trinajstić information content (AvgIpc) is 2.78. The van der Waals surface area contributed by atoms with Crippen LogP contribution in [0.2, 0.25) is 0 Å². The van der Waals surface area contributed by atoms with Crippen molar-refractivity contribution in [3.63, 3.8) is 0 Å². The number of carbonyl (C=O) groups is 2. The van der Waals surface area contributed by atoms with E-state index >= 15 is 0 Å². The van der Waals surface area contributed by atoms with Gasteiger partial charge >= 0.3 is 6.09 Å². The summed E-state index contributed by atoms with van der Waals surface area (Å²) in [7, 11) is 1.60. The van der Waals surface area contributed by atoms with Crippen molar-refractivity contribution in [2.24, 2.45) is 5.92 Å². The lowest BCUT2D eigenvalue weighted by Gasteiger charge is -2.38. The van der Waals surface area contributed by atoms with Gasteiger partial charge in [-0.25, -0.2) is 4.79 Å². The molecule has 1 fully saturated rings. The molecule has 0 N–H and O–H groups in total. The van der Waals surface area contributed by atoms with Crippen LogP contribution in [0.4, 0.5) is 4.79 Å². The number of ether oxygens (including phenoxy) is 2. The standard InChI is InChI=1S/C13H23NO4/c1-12(2,3)18-11(16)14(5)13(4,9-15)10-6-7-17-8-10/h9-10H,6-8H2,1-5H3. The molecule has 1 rings (SSSR count). The maximum atomic E-state index is 12.0. The highest BCUT2D eigenvalue weighted by Gasteiger charge is 2.43. The fraction of sp³-hybridized carbons (Fsp3) is 0.846. The molecular weight excluding hydrogens is 234 g/mol. The van der Waals surface area contributed by atoms with Crippen molar-refractivity contribution in [2.75, 3.05) is 20.3 Å². The van der Waals surface area contributed by atoms with Gasteiger partial charge in [-0.3, -0.25) is 4.90 Å². The average molecular weight is 257 g/mol. The van der Waals surface area contributed by atoms with Crippen LogP contribution >= 0.6 is 0 Å². The van der Waals surface area contributed by atoms with Gasteiger partial charge in [0.2, 0.25) is 0 Å². The van der Waals surface area contributed by atoms with Crippen molar-refractivity contribution >= 4 is 12.4 Å². The second-order valence-corrected chi connectivity index (χ2v) is 5.94. The van der Waals surface area contributed by atoms with Crippen LogP contribution in [0.3, 0.4) is 0 Å².